The van der Waals surface area contributed by atoms with Crippen LogP contribution in [-0.4, -0.2) is 44.5 Å². The van der Waals surface area contributed by atoms with E-state index in [1.54, 1.807) is 29.2 Å². The summed E-state index contributed by atoms with van der Waals surface area (Å²) in [6, 6.07) is 7.10. The number of benzene rings is 1. The molecule has 3 rings (SSSR count). The summed E-state index contributed by atoms with van der Waals surface area (Å²) >= 11 is 0. The molecule has 2 aliphatic rings. The molecule has 2 N–H and O–H groups in total. The Morgan fingerprint density at radius 1 is 1.36 bits per heavy atom. The van der Waals surface area contributed by atoms with Crippen LogP contribution in [0.15, 0.2) is 24.3 Å². The van der Waals surface area contributed by atoms with Gasteiger partial charge in [-0.05, 0) is 43.7 Å². The van der Waals surface area contributed by atoms with E-state index in [4.69, 9.17) is 9.47 Å². The Hall–Kier alpha value is -2.12. The molecule has 22 heavy (non-hydrogen) atoms. The van der Waals surface area contributed by atoms with Crippen LogP contribution in [0.1, 0.15) is 12.8 Å². The number of carbonyl (C=O) groups excluding carboxylic acids is 2. The monoisotopic (exact) mass is 305 g/mol. The SMILES string of the molecule is O=C(Nc1ccc(N2CCOCC2=O)cc1)O[C@@H]1CCCN1. The number of anilines is 2. The zero-order valence-electron chi connectivity index (χ0n) is 12.2. The molecule has 0 saturated carbocycles. The number of rotatable bonds is 3. The molecule has 2 heterocycles. The van der Waals surface area contributed by atoms with E-state index in [0.717, 1.165) is 25.1 Å². The van der Waals surface area contributed by atoms with Gasteiger partial charge in [-0.25, -0.2) is 4.79 Å². The Kier molecular flexibility index (Phi) is 4.55. The highest BCUT2D eigenvalue weighted by Crippen LogP contribution is 2.20. The third-order valence-corrected chi connectivity index (χ3v) is 3.68. The quantitative estimate of drug-likeness (QED) is 0.880. The smallest absolute Gasteiger partial charge is 0.413 e. The summed E-state index contributed by atoms with van der Waals surface area (Å²) in [6.45, 7) is 2.06. The predicted octanol–water partition coefficient (Wildman–Crippen LogP) is 1.31. The molecule has 0 unspecified atom stereocenters. The van der Waals surface area contributed by atoms with Crippen LogP contribution in [0, 0.1) is 0 Å². The summed E-state index contributed by atoms with van der Waals surface area (Å²) in [7, 11) is 0. The highest BCUT2D eigenvalue weighted by molar-refractivity contribution is 5.95. The van der Waals surface area contributed by atoms with Gasteiger partial charge in [-0.1, -0.05) is 0 Å². The Morgan fingerprint density at radius 2 is 2.18 bits per heavy atom. The topological polar surface area (TPSA) is 79.9 Å². The van der Waals surface area contributed by atoms with Crippen molar-refractivity contribution in [2.24, 2.45) is 0 Å². The molecule has 1 aromatic rings. The van der Waals surface area contributed by atoms with Crippen LogP contribution < -0.4 is 15.5 Å². The van der Waals surface area contributed by atoms with Gasteiger partial charge in [0.05, 0.1) is 6.61 Å². The summed E-state index contributed by atoms with van der Waals surface area (Å²) in [5.74, 6) is -0.0568. The zero-order chi connectivity index (χ0) is 15.4. The van der Waals surface area contributed by atoms with Gasteiger partial charge in [0.25, 0.3) is 5.91 Å². The van der Waals surface area contributed by atoms with Crippen molar-refractivity contribution in [2.45, 2.75) is 19.1 Å². The molecule has 0 radical (unpaired) electrons. The third-order valence-electron chi connectivity index (χ3n) is 3.68. The highest BCUT2D eigenvalue weighted by atomic mass is 16.6. The lowest BCUT2D eigenvalue weighted by molar-refractivity contribution is -0.125. The van der Waals surface area contributed by atoms with Crippen molar-refractivity contribution < 1.29 is 19.1 Å². The van der Waals surface area contributed by atoms with E-state index in [1.165, 1.54) is 0 Å². The Bertz CT molecular complexity index is 540. The second kappa shape index (κ2) is 6.76. The fraction of sp³-hybridized carbons (Fsp3) is 0.467. The maximum atomic E-state index is 11.8. The minimum absolute atomic E-state index is 0.0568. The van der Waals surface area contributed by atoms with Gasteiger partial charge < -0.3 is 14.4 Å². The van der Waals surface area contributed by atoms with Gasteiger partial charge in [-0.3, -0.25) is 15.4 Å². The molecule has 2 amide bonds. The average molecular weight is 305 g/mol. The summed E-state index contributed by atoms with van der Waals surface area (Å²) in [5, 5.41) is 5.77. The molecule has 1 aromatic carbocycles. The summed E-state index contributed by atoms with van der Waals surface area (Å²) in [4.78, 5) is 25.2. The largest absolute Gasteiger partial charge is 0.430 e. The maximum absolute atomic E-state index is 11.8. The number of ether oxygens (including phenoxy) is 2. The number of nitrogens with zero attached hydrogens (tertiary/aromatic N) is 1. The minimum atomic E-state index is -0.477. The molecular weight excluding hydrogens is 286 g/mol. The second-order valence-corrected chi connectivity index (χ2v) is 5.26. The number of hydrogen-bond donors (Lipinski definition) is 2. The first-order valence-corrected chi connectivity index (χ1v) is 7.41. The van der Waals surface area contributed by atoms with Crippen molar-refractivity contribution in [3.05, 3.63) is 24.3 Å². The van der Waals surface area contributed by atoms with E-state index in [9.17, 15) is 9.59 Å². The lowest BCUT2D eigenvalue weighted by Crippen LogP contribution is -2.41. The fourth-order valence-electron chi connectivity index (χ4n) is 2.55. The van der Waals surface area contributed by atoms with E-state index in [-0.39, 0.29) is 18.7 Å². The van der Waals surface area contributed by atoms with E-state index in [0.29, 0.717) is 18.8 Å². The van der Waals surface area contributed by atoms with Crippen LogP contribution >= 0.6 is 0 Å². The first-order chi connectivity index (χ1) is 10.7. The predicted molar refractivity (Wildman–Crippen MR) is 80.7 cm³/mol. The van der Waals surface area contributed by atoms with E-state index in [2.05, 4.69) is 10.6 Å². The summed E-state index contributed by atoms with van der Waals surface area (Å²) in [5.41, 5.74) is 1.43. The minimum Gasteiger partial charge on any atom is -0.430 e. The summed E-state index contributed by atoms with van der Waals surface area (Å²) in [6.07, 6.45) is 1.17. The van der Waals surface area contributed by atoms with Crippen molar-refractivity contribution in [3.8, 4) is 0 Å². The van der Waals surface area contributed by atoms with Gasteiger partial charge >= 0.3 is 6.09 Å². The van der Waals surface area contributed by atoms with Gasteiger partial charge in [-0.2, -0.15) is 0 Å². The lowest BCUT2D eigenvalue weighted by Gasteiger charge is -2.26. The van der Waals surface area contributed by atoms with Crippen LogP contribution in [0.25, 0.3) is 0 Å². The number of morpholine rings is 1. The molecule has 2 aliphatic heterocycles. The Morgan fingerprint density at radius 3 is 2.86 bits per heavy atom. The lowest BCUT2D eigenvalue weighted by atomic mass is 10.2. The molecule has 0 aliphatic carbocycles. The molecule has 7 heteroatoms. The first kappa shape index (κ1) is 14.8. The third kappa shape index (κ3) is 3.55. The van der Waals surface area contributed by atoms with Crippen LogP contribution in [-0.2, 0) is 14.3 Å². The Balaban J connectivity index is 1.56. The van der Waals surface area contributed by atoms with Crippen LogP contribution in [0.5, 0.6) is 0 Å². The molecule has 2 saturated heterocycles. The van der Waals surface area contributed by atoms with Gasteiger partial charge in [-0.15, -0.1) is 0 Å². The van der Waals surface area contributed by atoms with Crippen molar-refractivity contribution in [3.63, 3.8) is 0 Å². The van der Waals surface area contributed by atoms with Crippen molar-refractivity contribution in [1.29, 1.82) is 0 Å². The van der Waals surface area contributed by atoms with E-state index in [1.807, 2.05) is 0 Å². The molecule has 1 atom stereocenters. The summed E-state index contributed by atoms with van der Waals surface area (Å²) < 4.78 is 10.3. The van der Waals surface area contributed by atoms with Gasteiger partial charge in [0.15, 0.2) is 6.23 Å². The molecule has 2 fully saturated rings. The number of nitrogens with one attached hydrogen (secondary N) is 2. The number of hydrogen-bond acceptors (Lipinski definition) is 5. The van der Waals surface area contributed by atoms with Gasteiger partial charge in [0.1, 0.15) is 6.61 Å². The Labute approximate surface area is 128 Å². The first-order valence-electron chi connectivity index (χ1n) is 7.41. The number of amides is 2. The molecule has 0 spiro atoms. The van der Waals surface area contributed by atoms with E-state index < -0.39 is 6.09 Å². The van der Waals surface area contributed by atoms with Crippen molar-refractivity contribution in [1.82, 2.24) is 5.32 Å². The molecular formula is C15H19N3O4. The second-order valence-electron chi connectivity index (χ2n) is 5.26. The molecule has 118 valence electrons. The highest BCUT2D eigenvalue weighted by Gasteiger charge is 2.20. The fourth-order valence-corrected chi connectivity index (χ4v) is 2.55. The van der Waals surface area contributed by atoms with Crippen molar-refractivity contribution >= 4 is 23.4 Å². The average Bonchev–Trinajstić information content (AvgIpc) is 3.01. The standard InChI is InChI=1S/C15H19N3O4/c19-14-10-21-9-8-18(14)12-5-3-11(4-6-12)17-15(20)22-13-2-1-7-16-13/h3-6,13,16H,1-2,7-10H2,(H,17,20)/t13-/m1/s1. The van der Waals surface area contributed by atoms with Crippen LogP contribution in [0.4, 0.5) is 16.2 Å². The molecule has 0 bridgehead atoms. The van der Waals surface area contributed by atoms with Crippen molar-refractivity contribution in [2.75, 3.05) is 36.5 Å². The van der Waals surface area contributed by atoms with Gasteiger partial charge in [0, 0.05) is 17.9 Å². The van der Waals surface area contributed by atoms with Crippen LogP contribution in [0.3, 0.4) is 0 Å². The molecule has 7 nitrogen and oxygen atoms in total. The number of carbonyl (C=O) groups is 2. The maximum Gasteiger partial charge on any atom is 0.413 e. The van der Waals surface area contributed by atoms with Crippen LogP contribution in [0.2, 0.25) is 0 Å². The van der Waals surface area contributed by atoms with E-state index >= 15 is 0 Å². The zero-order valence-corrected chi connectivity index (χ0v) is 12.2. The molecule has 0 aromatic heterocycles. The van der Waals surface area contributed by atoms with Gasteiger partial charge in [0.2, 0.25) is 0 Å². The normalized spacial score (nSPS) is 21.7.